The molecule has 1 heterocycles. The average molecular weight is 718 g/mol. The molecule has 5 aromatic carbocycles. The number of nitrogens with one attached hydrogen (secondary N) is 2. The van der Waals surface area contributed by atoms with E-state index >= 15 is 0 Å². The van der Waals surface area contributed by atoms with Crippen molar-refractivity contribution in [3.63, 3.8) is 0 Å². The minimum atomic E-state index is -4.36. The van der Waals surface area contributed by atoms with Crippen LogP contribution in [0, 0.1) is 16.0 Å². The van der Waals surface area contributed by atoms with Gasteiger partial charge in [-0.25, -0.2) is 23.8 Å². The van der Waals surface area contributed by atoms with Gasteiger partial charge in [0.25, 0.3) is 17.5 Å². The van der Waals surface area contributed by atoms with Crippen molar-refractivity contribution in [1.29, 1.82) is 0 Å². The molecule has 6 rings (SSSR count). The Balaban J connectivity index is 1.54. The molecule has 0 radical (unpaired) electrons. The number of nitrogens with two attached hydrogens (primary N) is 1. The molecule has 1 aliphatic rings. The monoisotopic (exact) mass is 717 g/mol. The number of primary sulfonamides is 1. The summed E-state index contributed by atoms with van der Waals surface area (Å²) in [5, 5.41) is 23.5. The summed E-state index contributed by atoms with van der Waals surface area (Å²) in [5.74, 6) is -5.94. The van der Waals surface area contributed by atoms with Crippen LogP contribution in [0.3, 0.4) is 0 Å². The van der Waals surface area contributed by atoms with E-state index < -0.39 is 55.4 Å². The molecule has 0 saturated heterocycles. The number of cyclic esters (lactones) is 1. The predicted molar refractivity (Wildman–Crippen MR) is 189 cm³/mol. The number of amides is 2. The number of non-ortho nitro benzene ring substituents is 1. The first-order valence-electron chi connectivity index (χ1n) is 15.5. The first-order valence-corrected chi connectivity index (χ1v) is 17.0. The highest BCUT2D eigenvalue weighted by Gasteiger charge is 2.46. The fourth-order valence-corrected chi connectivity index (χ4v) is 6.54. The molecule has 5 aromatic rings. The molecular weight excluding hydrogens is 691 g/mol. The van der Waals surface area contributed by atoms with E-state index in [1.165, 1.54) is 42.5 Å². The highest BCUT2D eigenvalue weighted by Crippen LogP contribution is 2.40. The maximum absolute atomic E-state index is 14.5. The standard InChI is InChI=1S/C37H27N5O9S/c38-52(49,50)30-20-9-8-19-29(30)35(44)41-40-32(26-16-5-4-15-25(26)22-11-2-1-3-12-22)31(34-27-17-6-7-18-28(27)37(46)51-34)33(43)36(45)39-23-13-10-14-24(21-23)42(47)48/h1-21,31,34H,(H,39,45)(H,41,44)(H2,38,49,50)/b40-32+/t31-,34-/m1/s1. The van der Waals surface area contributed by atoms with Crippen molar-refractivity contribution in [2.75, 3.05) is 5.32 Å². The molecule has 0 aromatic heterocycles. The number of Topliss-reactive ketones (excluding diaryl/α,β-unsaturated/α-hetero) is 1. The van der Waals surface area contributed by atoms with Gasteiger partial charge in [0.1, 0.15) is 12.0 Å². The van der Waals surface area contributed by atoms with Gasteiger partial charge >= 0.3 is 5.97 Å². The molecule has 0 bridgehead atoms. The minimum Gasteiger partial charge on any atom is -0.453 e. The van der Waals surface area contributed by atoms with Gasteiger partial charge in [0.15, 0.2) is 0 Å². The third kappa shape index (κ3) is 7.21. The number of fused-ring (bicyclic) bond motifs is 1. The quantitative estimate of drug-likeness (QED) is 0.0562. The molecule has 14 nitrogen and oxygen atoms in total. The number of ketones is 1. The van der Waals surface area contributed by atoms with E-state index in [4.69, 9.17) is 9.88 Å². The number of nitro groups is 1. The van der Waals surface area contributed by atoms with Crippen molar-refractivity contribution in [3.05, 3.63) is 160 Å². The fraction of sp³-hybridized carbons (Fsp3) is 0.0541. The number of rotatable bonds is 11. The van der Waals surface area contributed by atoms with Crippen molar-refractivity contribution in [2.24, 2.45) is 16.2 Å². The third-order valence-electron chi connectivity index (χ3n) is 8.14. The van der Waals surface area contributed by atoms with Gasteiger partial charge in [-0.3, -0.25) is 24.5 Å². The van der Waals surface area contributed by atoms with Crippen molar-refractivity contribution in [2.45, 2.75) is 11.0 Å². The molecule has 0 aliphatic carbocycles. The number of carbonyl (C=O) groups is 4. The fourth-order valence-electron chi connectivity index (χ4n) is 5.80. The SMILES string of the molecule is NS(=O)(=O)c1ccccc1C(=O)N/N=C(\c1ccccc1-c1ccccc1)[C@H](C(=O)C(=O)Nc1cccc([N+](=O)[O-])c1)[C@@H]1OC(=O)c2ccccc21. The van der Waals surface area contributed by atoms with Gasteiger partial charge in [0.05, 0.1) is 26.7 Å². The second-order valence-corrected chi connectivity index (χ2v) is 12.9. The van der Waals surface area contributed by atoms with Gasteiger partial charge in [-0.1, -0.05) is 91.0 Å². The molecular formula is C37H27N5O9S. The molecule has 0 fully saturated rings. The first kappa shape index (κ1) is 35.0. The molecule has 15 heteroatoms. The minimum absolute atomic E-state index is 0.0637. The van der Waals surface area contributed by atoms with Crippen LogP contribution in [-0.2, 0) is 24.3 Å². The molecule has 0 unspecified atom stereocenters. The molecule has 0 spiro atoms. The number of anilines is 1. The summed E-state index contributed by atoms with van der Waals surface area (Å²) in [6, 6.07) is 31.9. The topological polar surface area (TPSA) is 217 Å². The Kier molecular flexibility index (Phi) is 9.80. The van der Waals surface area contributed by atoms with E-state index in [-0.39, 0.29) is 39.3 Å². The number of ether oxygens (including phenoxy) is 1. The van der Waals surface area contributed by atoms with Gasteiger partial charge < -0.3 is 10.1 Å². The van der Waals surface area contributed by atoms with Gasteiger partial charge in [-0.05, 0) is 35.4 Å². The third-order valence-corrected chi connectivity index (χ3v) is 9.11. The van der Waals surface area contributed by atoms with Crippen LogP contribution in [0.15, 0.2) is 137 Å². The first-order chi connectivity index (χ1) is 24.9. The molecule has 2 atom stereocenters. The van der Waals surface area contributed by atoms with E-state index in [1.807, 2.05) is 0 Å². The Morgan fingerprint density at radius 1 is 0.808 bits per heavy atom. The lowest BCUT2D eigenvalue weighted by Crippen LogP contribution is -2.40. The summed E-state index contributed by atoms with van der Waals surface area (Å²) in [6.07, 6.45) is -1.44. The zero-order chi connectivity index (χ0) is 37.0. The van der Waals surface area contributed by atoms with Crippen molar-refractivity contribution in [1.82, 2.24) is 5.43 Å². The highest BCUT2D eigenvalue weighted by molar-refractivity contribution is 7.89. The normalized spacial score (nSPS) is 14.4. The van der Waals surface area contributed by atoms with E-state index in [1.54, 1.807) is 72.8 Å². The van der Waals surface area contributed by atoms with E-state index in [0.29, 0.717) is 11.1 Å². The molecule has 1 aliphatic heterocycles. The summed E-state index contributed by atoms with van der Waals surface area (Å²) in [4.78, 5) is 65.2. The van der Waals surface area contributed by atoms with Crippen LogP contribution < -0.4 is 15.9 Å². The Morgan fingerprint density at radius 2 is 1.44 bits per heavy atom. The summed E-state index contributed by atoms with van der Waals surface area (Å²) in [7, 11) is -4.36. The number of carbonyl (C=O) groups excluding carboxylic acids is 4. The zero-order valence-corrected chi connectivity index (χ0v) is 27.6. The van der Waals surface area contributed by atoms with Gasteiger partial charge in [0.2, 0.25) is 15.8 Å². The summed E-state index contributed by atoms with van der Waals surface area (Å²) >= 11 is 0. The van der Waals surface area contributed by atoms with Crippen molar-refractivity contribution in [3.8, 4) is 11.1 Å². The molecule has 0 saturated carbocycles. The van der Waals surface area contributed by atoms with Crippen LogP contribution in [0.4, 0.5) is 11.4 Å². The predicted octanol–water partition coefficient (Wildman–Crippen LogP) is 4.78. The van der Waals surface area contributed by atoms with Gasteiger partial charge in [0, 0.05) is 28.9 Å². The molecule has 260 valence electrons. The van der Waals surface area contributed by atoms with Crippen LogP contribution in [0.2, 0.25) is 0 Å². The maximum Gasteiger partial charge on any atom is 0.339 e. The van der Waals surface area contributed by atoms with Crippen molar-refractivity contribution < 1.29 is 37.3 Å². The van der Waals surface area contributed by atoms with Gasteiger partial charge in [-0.2, -0.15) is 5.10 Å². The molecule has 52 heavy (non-hydrogen) atoms. The lowest BCUT2D eigenvalue weighted by Gasteiger charge is -2.25. The van der Waals surface area contributed by atoms with E-state index in [2.05, 4.69) is 15.8 Å². The Morgan fingerprint density at radius 3 is 2.15 bits per heavy atom. The van der Waals surface area contributed by atoms with Crippen LogP contribution in [0.25, 0.3) is 11.1 Å². The highest BCUT2D eigenvalue weighted by atomic mass is 32.2. The average Bonchev–Trinajstić information content (AvgIpc) is 3.48. The second-order valence-electron chi connectivity index (χ2n) is 11.4. The van der Waals surface area contributed by atoms with E-state index in [0.717, 1.165) is 12.1 Å². The number of hydrogen-bond acceptors (Lipinski definition) is 10. The summed E-state index contributed by atoms with van der Waals surface area (Å²) in [6.45, 7) is 0. The molecule has 4 N–H and O–H groups in total. The smallest absolute Gasteiger partial charge is 0.339 e. The molecule has 2 amide bonds. The number of nitro benzene ring substituents is 1. The lowest BCUT2D eigenvalue weighted by atomic mass is 9.82. The number of benzene rings is 5. The number of esters is 1. The van der Waals surface area contributed by atoms with Crippen LogP contribution >= 0.6 is 0 Å². The number of nitrogens with zero attached hydrogens (tertiary/aromatic N) is 2. The largest absolute Gasteiger partial charge is 0.453 e. The van der Waals surface area contributed by atoms with E-state index in [9.17, 15) is 37.7 Å². The Hall–Kier alpha value is -6.84. The maximum atomic E-state index is 14.5. The van der Waals surface area contributed by atoms with Crippen molar-refractivity contribution >= 4 is 50.7 Å². The number of sulfonamides is 1. The number of hydrogen-bond donors (Lipinski definition) is 3. The van der Waals surface area contributed by atoms with Crippen LogP contribution in [0.5, 0.6) is 0 Å². The summed E-state index contributed by atoms with van der Waals surface area (Å²) < 4.78 is 30.4. The van der Waals surface area contributed by atoms with Gasteiger partial charge in [-0.15, -0.1) is 0 Å². The van der Waals surface area contributed by atoms with Crippen LogP contribution in [0.1, 0.15) is 37.9 Å². The second kappa shape index (κ2) is 14.6. The zero-order valence-electron chi connectivity index (χ0n) is 26.8. The van der Waals surface area contributed by atoms with Crippen LogP contribution in [-0.4, -0.2) is 42.6 Å². The summed E-state index contributed by atoms with van der Waals surface area (Å²) in [5.41, 5.74) is 3.13. The number of hydrazone groups is 1. The Bertz CT molecular complexity index is 2400. The Labute approximate surface area is 296 Å². The lowest BCUT2D eigenvalue weighted by molar-refractivity contribution is -0.384.